The maximum Gasteiger partial charge on any atom is 0.241 e. The Morgan fingerprint density at radius 3 is 2.90 bits per heavy atom. The summed E-state index contributed by atoms with van der Waals surface area (Å²) in [6.45, 7) is 3.19. The van der Waals surface area contributed by atoms with Crippen LogP contribution in [0.2, 0.25) is 0 Å². The van der Waals surface area contributed by atoms with E-state index >= 15 is 0 Å². The molecule has 0 radical (unpaired) electrons. The fourth-order valence-corrected chi connectivity index (χ4v) is 3.61. The summed E-state index contributed by atoms with van der Waals surface area (Å²) >= 11 is 1.76. The highest BCUT2D eigenvalue weighted by molar-refractivity contribution is 7.10. The third-order valence-electron chi connectivity index (χ3n) is 3.81. The lowest BCUT2D eigenvalue weighted by atomic mass is 10.2. The van der Waals surface area contributed by atoms with Crippen molar-refractivity contribution in [3.63, 3.8) is 0 Å². The first-order chi connectivity index (χ1) is 10.3. The van der Waals surface area contributed by atoms with Crippen molar-refractivity contribution in [1.29, 1.82) is 0 Å². The number of carbonyl (C=O) groups excluding carboxylic acids is 1. The molecule has 112 valence electrons. The molecule has 1 amide bonds. The van der Waals surface area contributed by atoms with Gasteiger partial charge < -0.3 is 5.32 Å². The van der Waals surface area contributed by atoms with Gasteiger partial charge in [0.05, 0.1) is 6.04 Å². The van der Waals surface area contributed by atoms with Gasteiger partial charge in [-0.15, -0.1) is 11.3 Å². The highest BCUT2D eigenvalue weighted by Gasteiger charge is 2.24. The molecule has 1 atom stereocenters. The third-order valence-corrected chi connectivity index (χ3v) is 4.78. The fourth-order valence-electron chi connectivity index (χ4n) is 2.75. The summed E-state index contributed by atoms with van der Waals surface area (Å²) in [5.41, 5.74) is 0. The predicted molar refractivity (Wildman–Crippen MR) is 83.1 cm³/mol. The molecule has 1 fully saturated rings. The van der Waals surface area contributed by atoms with Crippen LogP contribution in [-0.2, 0) is 11.3 Å². The van der Waals surface area contributed by atoms with Gasteiger partial charge in [-0.25, -0.2) is 0 Å². The minimum Gasteiger partial charge on any atom is -0.353 e. The molecule has 0 bridgehead atoms. The van der Waals surface area contributed by atoms with Gasteiger partial charge in [-0.2, -0.15) is 5.10 Å². The SMILES string of the molecule is O=C(Cn1cccn1)NC[C@H](c1cccs1)N1CCCC1. The molecule has 1 saturated heterocycles. The topological polar surface area (TPSA) is 50.2 Å². The number of likely N-dealkylation sites (tertiary alicyclic amines) is 1. The molecule has 2 aromatic rings. The Hall–Kier alpha value is -1.66. The molecule has 0 spiro atoms. The van der Waals surface area contributed by atoms with Gasteiger partial charge in [-0.1, -0.05) is 6.07 Å². The van der Waals surface area contributed by atoms with Gasteiger partial charge in [0.15, 0.2) is 0 Å². The molecule has 21 heavy (non-hydrogen) atoms. The zero-order chi connectivity index (χ0) is 14.5. The highest BCUT2D eigenvalue weighted by Crippen LogP contribution is 2.27. The van der Waals surface area contributed by atoms with Crippen molar-refractivity contribution in [2.75, 3.05) is 19.6 Å². The third kappa shape index (κ3) is 3.71. The summed E-state index contributed by atoms with van der Waals surface area (Å²) in [6, 6.07) is 6.36. The molecular formula is C15H20N4OS. The Morgan fingerprint density at radius 1 is 1.38 bits per heavy atom. The lowest BCUT2D eigenvalue weighted by Gasteiger charge is -2.26. The molecule has 2 aromatic heterocycles. The second kappa shape index (κ2) is 6.87. The Morgan fingerprint density at radius 2 is 2.24 bits per heavy atom. The number of rotatable bonds is 6. The number of thiophene rings is 1. The van der Waals surface area contributed by atoms with E-state index in [2.05, 4.69) is 32.8 Å². The van der Waals surface area contributed by atoms with E-state index in [0.29, 0.717) is 12.6 Å². The van der Waals surface area contributed by atoms with Crippen molar-refractivity contribution in [3.8, 4) is 0 Å². The molecule has 3 rings (SSSR count). The fraction of sp³-hybridized carbons (Fsp3) is 0.467. The van der Waals surface area contributed by atoms with Gasteiger partial charge in [0.2, 0.25) is 5.91 Å². The number of nitrogens with one attached hydrogen (secondary N) is 1. The molecule has 1 N–H and O–H groups in total. The van der Waals surface area contributed by atoms with E-state index < -0.39 is 0 Å². The maximum absolute atomic E-state index is 12.0. The van der Waals surface area contributed by atoms with E-state index in [-0.39, 0.29) is 12.5 Å². The monoisotopic (exact) mass is 304 g/mol. The lowest BCUT2D eigenvalue weighted by molar-refractivity contribution is -0.122. The van der Waals surface area contributed by atoms with Crippen molar-refractivity contribution >= 4 is 17.2 Å². The van der Waals surface area contributed by atoms with Crippen LogP contribution in [0.1, 0.15) is 23.8 Å². The minimum atomic E-state index is 0.0134. The smallest absolute Gasteiger partial charge is 0.241 e. The van der Waals surface area contributed by atoms with Gasteiger partial charge >= 0.3 is 0 Å². The van der Waals surface area contributed by atoms with Crippen LogP contribution in [0.5, 0.6) is 0 Å². The number of hydrogen-bond donors (Lipinski definition) is 1. The van der Waals surface area contributed by atoms with Crippen LogP contribution in [0.25, 0.3) is 0 Å². The molecule has 1 aliphatic rings. The van der Waals surface area contributed by atoms with Crippen LogP contribution in [0, 0.1) is 0 Å². The number of hydrogen-bond acceptors (Lipinski definition) is 4. The molecule has 5 nitrogen and oxygen atoms in total. The molecule has 6 heteroatoms. The summed E-state index contributed by atoms with van der Waals surface area (Å²) in [6.07, 6.45) is 6.00. The largest absolute Gasteiger partial charge is 0.353 e. The average molecular weight is 304 g/mol. The van der Waals surface area contributed by atoms with Crippen molar-refractivity contribution < 1.29 is 4.79 Å². The lowest BCUT2D eigenvalue weighted by Crippen LogP contribution is -2.37. The zero-order valence-corrected chi connectivity index (χ0v) is 12.8. The van der Waals surface area contributed by atoms with E-state index in [1.54, 1.807) is 28.4 Å². The van der Waals surface area contributed by atoms with E-state index in [1.165, 1.54) is 17.7 Å². The van der Waals surface area contributed by atoms with E-state index in [4.69, 9.17) is 0 Å². The summed E-state index contributed by atoms with van der Waals surface area (Å²) in [4.78, 5) is 15.8. The van der Waals surface area contributed by atoms with E-state index in [0.717, 1.165) is 13.1 Å². The van der Waals surface area contributed by atoms with Crippen molar-refractivity contribution in [1.82, 2.24) is 20.0 Å². The minimum absolute atomic E-state index is 0.0134. The second-order valence-corrected chi connectivity index (χ2v) is 6.26. The van der Waals surface area contributed by atoms with E-state index in [9.17, 15) is 4.79 Å². The average Bonchev–Trinajstić information content (AvgIpc) is 3.23. The maximum atomic E-state index is 12.0. The Kier molecular flexibility index (Phi) is 4.67. The normalized spacial score (nSPS) is 17.0. The number of amides is 1. The Bertz CT molecular complexity index is 546. The molecule has 0 unspecified atom stereocenters. The summed E-state index contributed by atoms with van der Waals surface area (Å²) in [5, 5.41) is 9.21. The number of carbonyl (C=O) groups is 1. The van der Waals surface area contributed by atoms with Crippen molar-refractivity contribution in [2.24, 2.45) is 0 Å². The summed E-state index contributed by atoms with van der Waals surface area (Å²) in [7, 11) is 0. The molecule has 0 aliphatic carbocycles. The standard InChI is InChI=1S/C15H20N4OS/c20-15(12-19-9-4-6-17-19)16-11-13(14-5-3-10-21-14)18-7-1-2-8-18/h3-6,9-10,13H,1-2,7-8,11-12H2,(H,16,20)/t13-/m1/s1. The number of nitrogens with zero attached hydrogens (tertiary/aromatic N) is 3. The van der Waals surface area contributed by atoms with Crippen LogP contribution in [0.4, 0.5) is 0 Å². The first-order valence-electron chi connectivity index (χ1n) is 7.34. The Labute approximate surface area is 128 Å². The highest BCUT2D eigenvalue weighted by atomic mass is 32.1. The van der Waals surface area contributed by atoms with Crippen molar-refractivity contribution in [2.45, 2.75) is 25.4 Å². The van der Waals surface area contributed by atoms with Crippen LogP contribution >= 0.6 is 11.3 Å². The van der Waals surface area contributed by atoms with Gasteiger partial charge in [0.1, 0.15) is 6.54 Å². The van der Waals surface area contributed by atoms with E-state index in [1.807, 2.05) is 6.07 Å². The van der Waals surface area contributed by atoms with Crippen LogP contribution in [0.3, 0.4) is 0 Å². The van der Waals surface area contributed by atoms with Gasteiger partial charge in [0.25, 0.3) is 0 Å². The molecule has 0 saturated carbocycles. The van der Waals surface area contributed by atoms with Gasteiger partial charge in [-0.05, 0) is 43.4 Å². The van der Waals surface area contributed by atoms with Gasteiger partial charge in [-0.3, -0.25) is 14.4 Å². The van der Waals surface area contributed by atoms with Crippen LogP contribution < -0.4 is 5.32 Å². The summed E-state index contributed by atoms with van der Waals surface area (Å²) < 4.78 is 1.64. The molecule has 0 aromatic carbocycles. The first kappa shape index (κ1) is 14.3. The van der Waals surface area contributed by atoms with Crippen LogP contribution in [-0.4, -0.2) is 40.2 Å². The van der Waals surface area contributed by atoms with Gasteiger partial charge in [0, 0.05) is 23.8 Å². The van der Waals surface area contributed by atoms with Crippen molar-refractivity contribution in [3.05, 3.63) is 40.8 Å². The molecule has 3 heterocycles. The zero-order valence-electron chi connectivity index (χ0n) is 11.9. The van der Waals surface area contributed by atoms with Crippen LogP contribution in [0.15, 0.2) is 36.0 Å². The summed E-state index contributed by atoms with van der Waals surface area (Å²) in [5.74, 6) is 0.0134. The Balaban J connectivity index is 1.58. The molecular weight excluding hydrogens is 284 g/mol. The molecule has 1 aliphatic heterocycles. The quantitative estimate of drug-likeness (QED) is 0.887. The first-order valence-corrected chi connectivity index (χ1v) is 8.22. The number of aromatic nitrogens is 2. The second-order valence-electron chi connectivity index (χ2n) is 5.28. The predicted octanol–water partition coefficient (Wildman–Crippen LogP) is 1.90.